The van der Waals surface area contributed by atoms with Gasteiger partial charge in [0, 0.05) is 12.8 Å². The molecule has 2 nitrogen and oxygen atoms in total. The van der Waals surface area contributed by atoms with Crippen LogP contribution in [-0.2, 0) is 9.53 Å². The molecule has 3 aliphatic carbocycles. The molecular formula is C12H20O2. The van der Waals surface area contributed by atoms with Crippen LogP contribution >= 0.6 is 0 Å². The number of rotatable bonds is 1. The minimum absolute atomic E-state index is 0.122. The van der Waals surface area contributed by atoms with Crippen molar-refractivity contribution in [2.24, 2.45) is 23.2 Å². The van der Waals surface area contributed by atoms with Crippen LogP contribution in [0.4, 0.5) is 0 Å². The standard InChI is InChI=1S/C12H20O2/c1-7-5-11(14-8(2)13)10-6-9(7)12(10,3)4/h7,9-11H,5-6H2,1-4H3. The highest BCUT2D eigenvalue weighted by Crippen LogP contribution is 2.61. The molecule has 2 heteroatoms. The summed E-state index contributed by atoms with van der Waals surface area (Å²) in [6.45, 7) is 8.44. The predicted molar refractivity (Wildman–Crippen MR) is 54.7 cm³/mol. The summed E-state index contributed by atoms with van der Waals surface area (Å²) in [5.74, 6) is 2.04. The maximum absolute atomic E-state index is 11.0. The van der Waals surface area contributed by atoms with Crippen LogP contribution in [0.3, 0.4) is 0 Å². The molecule has 0 heterocycles. The van der Waals surface area contributed by atoms with Gasteiger partial charge < -0.3 is 4.74 Å². The lowest BCUT2D eigenvalue weighted by Gasteiger charge is -2.61. The molecule has 0 aromatic carbocycles. The third-order valence-corrected chi connectivity index (χ3v) is 4.48. The van der Waals surface area contributed by atoms with Crippen molar-refractivity contribution in [3.05, 3.63) is 0 Å². The van der Waals surface area contributed by atoms with E-state index >= 15 is 0 Å². The van der Waals surface area contributed by atoms with Crippen LogP contribution in [0.2, 0.25) is 0 Å². The maximum Gasteiger partial charge on any atom is 0.302 e. The molecule has 4 atom stereocenters. The van der Waals surface area contributed by atoms with E-state index in [2.05, 4.69) is 20.8 Å². The molecule has 80 valence electrons. The van der Waals surface area contributed by atoms with Crippen LogP contribution in [-0.4, -0.2) is 12.1 Å². The van der Waals surface area contributed by atoms with Crippen molar-refractivity contribution in [3.8, 4) is 0 Å². The zero-order chi connectivity index (χ0) is 10.5. The quantitative estimate of drug-likeness (QED) is 0.603. The Hall–Kier alpha value is -0.530. The Morgan fingerprint density at radius 2 is 1.93 bits per heavy atom. The van der Waals surface area contributed by atoms with E-state index in [9.17, 15) is 4.79 Å². The van der Waals surface area contributed by atoms with E-state index in [0.29, 0.717) is 17.3 Å². The Bertz CT molecular complexity index is 257. The lowest BCUT2D eigenvalue weighted by molar-refractivity contribution is -0.193. The first-order chi connectivity index (χ1) is 6.43. The van der Waals surface area contributed by atoms with Crippen molar-refractivity contribution in [3.63, 3.8) is 0 Å². The number of carbonyl (C=O) groups is 1. The fourth-order valence-electron chi connectivity index (χ4n) is 3.63. The van der Waals surface area contributed by atoms with Gasteiger partial charge in [0.05, 0.1) is 0 Å². The third-order valence-electron chi connectivity index (χ3n) is 4.48. The van der Waals surface area contributed by atoms with E-state index < -0.39 is 0 Å². The van der Waals surface area contributed by atoms with Crippen molar-refractivity contribution < 1.29 is 9.53 Å². The first-order valence-electron chi connectivity index (χ1n) is 5.60. The summed E-state index contributed by atoms with van der Waals surface area (Å²) in [4.78, 5) is 11.0. The van der Waals surface area contributed by atoms with Crippen LogP contribution in [0.15, 0.2) is 0 Å². The number of hydrogen-bond acceptors (Lipinski definition) is 2. The molecule has 2 bridgehead atoms. The SMILES string of the molecule is CC(=O)OC1CC(C)C2CC1C2(C)C. The molecule has 14 heavy (non-hydrogen) atoms. The van der Waals surface area contributed by atoms with Gasteiger partial charge in [0.15, 0.2) is 0 Å². The van der Waals surface area contributed by atoms with Crippen molar-refractivity contribution in [2.75, 3.05) is 0 Å². The zero-order valence-corrected chi connectivity index (χ0v) is 9.54. The second-order valence-corrected chi connectivity index (χ2v) is 5.63. The van der Waals surface area contributed by atoms with Gasteiger partial charge >= 0.3 is 5.97 Å². The predicted octanol–water partition coefficient (Wildman–Crippen LogP) is 2.62. The van der Waals surface area contributed by atoms with E-state index in [1.54, 1.807) is 0 Å². The second kappa shape index (κ2) is 2.98. The fraction of sp³-hybridized carbons (Fsp3) is 0.917. The van der Waals surface area contributed by atoms with E-state index in [4.69, 9.17) is 4.74 Å². The average Bonchev–Trinajstić information content (AvgIpc) is 2.00. The summed E-state index contributed by atoms with van der Waals surface area (Å²) in [7, 11) is 0. The van der Waals surface area contributed by atoms with Crippen LogP contribution in [0.1, 0.15) is 40.5 Å². The topological polar surface area (TPSA) is 26.3 Å². The molecule has 0 amide bonds. The number of hydrogen-bond donors (Lipinski definition) is 0. The first kappa shape index (κ1) is 10.0. The second-order valence-electron chi connectivity index (χ2n) is 5.63. The first-order valence-corrected chi connectivity index (χ1v) is 5.60. The smallest absolute Gasteiger partial charge is 0.302 e. The summed E-state index contributed by atoms with van der Waals surface area (Å²) in [5.41, 5.74) is 0.387. The molecule has 3 fully saturated rings. The van der Waals surface area contributed by atoms with Crippen LogP contribution in [0.25, 0.3) is 0 Å². The lowest BCUT2D eigenvalue weighted by Crippen LogP contribution is -2.58. The third kappa shape index (κ3) is 1.27. The number of esters is 1. The van der Waals surface area contributed by atoms with Crippen molar-refractivity contribution in [1.29, 1.82) is 0 Å². The molecule has 0 aromatic heterocycles. The molecule has 0 aromatic rings. The maximum atomic E-state index is 11.0. The Morgan fingerprint density at radius 1 is 1.29 bits per heavy atom. The van der Waals surface area contributed by atoms with Gasteiger partial charge in [-0.2, -0.15) is 0 Å². The average molecular weight is 196 g/mol. The number of ether oxygens (including phenoxy) is 1. The van der Waals surface area contributed by atoms with Gasteiger partial charge in [-0.05, 0) is 30.1 Å². The summed E-state index contributed by atoms with van der Waals surface area (Å²) < 4.78 is 5.41. The van der Waals surface area contributed by atoms with E-state index in [1.165, 1.54) is 13.3 Å². The van der Waals surface area contributed by atoms with Gasteiger partial charge in [0.2, 0.25) is 0 Å². The molecule has 4 unspecified atom stereocenters. The van der Waals surface area contributed by atoms with Gasteiger partial charge in [0.25, 0.3) is 0 Å². The number of carbonyl (C=O) groups excluding carboxylic acids is 1. The van der Waals surface area contributed by atoms with Crippen LogP contribution in [0.5, 0.6) is 0 Å². The minimum atomic E-state index is -0.122. The zero-order valence-electron chi connectivity index (χ0n) is 9.54. The Morgan fingerprint density at radius 3 is 2.36 bits per heavy atom. The molecule has 0 saturated heterocycles. The normalized spacial score (nSPS) is 44.0. The largest absolute Gasteiger partial charge is 0.462 e. The highest BCUT2D eigenvalue weighted by Gasteiger charge is 2.58. The minimum Gasteiger partial charge on any atom is -0.462 e. The Labute approximate surface area is 86.0 Å². The molecule has 0 radical (unpaired) electrons. The summed E-state index contributed by atoms with van der Waals surface area (Å²) in [6.07, 6.45) is 2.51. The number of fused-ring (bicyclic) bond motifs is 2. The molecular weight excluding hydrogens is 176 g/mol. The molecule has 3 saturated carbocycles. The summed E-state index contributed by atoms with van der Waals surface area (Å²) in [6, 6.07) is 0. The van der Waals surface area contributed by atoms with Gasteiger partial charge in [-0.25, -0.2) is 0 Å². The molecule has 3 rings (SSSR count). The molecule has 0 N–H and O–H groups in total. The lowest BCUT2D eigenvalue weighted by atomic mass is 9.45. The highest BCUT2D eigenvalue weighted by molar-refractivity contribution is 5.66. The molecule has 3 aliphatic rings. The highest BCUT2D eigenvalue weighted by atomic mass is 16.5. The van der Waals surface area contributed by atoms with Crippen LogP contribution in [0, 0.1) is 23.2 Å². The van der Waals surface area contributed by atoms with Crippen molar-refractivity contribution in [1.82, 2.24) is 0 Å². The monoisotopic (exact) mass is 196 g/mol. The van der Waals surface area contributed by atoms with Gasteiger partial charge in [-0.3, -0.25) is 4.79 Å². The van der Waals surface area contributed by atoms with Gasteiger partial charge in [-0.1, -0.05) is 20.8 Å². The summed E-state index contributed by atoms with van der Waals surface area (Å²) >= 11 is 0. The van der Waals surface area contributed by atoms with E-state index in [-0.39, 0.29) is 12.1 Å². The Balaban J connectivity index is 2.10. The molecule has 0 spiro atoms. The van der Waals surface area contributed by atoms with E-state index in [1.807, 2.05) is 0 Å². The van der Waals surface area contributed by atoms with Gasteiger partial charge in [-0.15, -0.1) is 0 Å². The summed E-state index contributed by atoms with van der Waals surface area (Å²) in [5, 5.41) is 0. The van der Waals surface area contributed by atoms with Gasteiger partial charge in [0.1, 0.15) is 6.10 Å². The van der Waals surface area contributed by atoms with Crippen LogP contribution < -0.4 is 0 Å². The van der Waals surface area contributed by atoms with Crippen molar-refractivity contribution in [2.45, 2.75) is 46.6 Å². The Kier molecular flexibility index (Phi) is 2.13. The van der Waals surface area contributed by atoms with Crippen molar-refractivity contribution >= 4 is 5.97 Å². The fourth-order valence-corrected chi connectivity index (χ4v) is 3.63. The van der Waals surface area contributed by atoms with E-state index in [0.717, 1.165) is 12.3 Å². The molecule has 0 aliphatic heterocycles.